The van der Waals surface area contributed by atoms with Crippen LogP contribution >= 0.6 is 0 Å². The topological polar surface area (TPSA) is 47.4 Å². The van der Waals surface area contributed by atoms with E-state index in [2.05, 4.69) is 0 Å². The largest absolute Gasteiger partial charge is 0.359 e. The number of rotatable bonds is 2. The Labute approximate surface area is 91.7 Å². The zero-order chi connectivity index (χ0) is 11.3. The second kappa shape index (κ2) is 5.73. The minimum absolute atomic E-state index is 0.266. The number of hydrogen-bond acceptors (Lipinski definition) is 2. The smallest absolute Gasteiger partial charge is 0.222 e. The maximum atomic E-state index is 11.7. The van der Waals surface area contributed by atoms with E-state index in [-0.39, 0.29) is 5.91 Å². The maximum Gasteiger partial charge on any atom is 0.222 e. The number of amides is 1. The molecular formula is C11H21N3O. The third-order valence-corrected chi connectivity index (χ3v) is 2.79. The normalized spacial score (nSPS) is 17.5. The summed E-state index contributed by atoms with van der Waals surface area (Å²) < 4.78 is 0. The Morgan fingerprint density at radius 1 is 1.20 bits per heavy atom. The van der Waals surface area contributed by atoms with Crippen LogP contribution in [0.3, 0.4) is 0 Å². The Morgan fingerprint density at radius 2 is 1.80 bits per heavy atom. The van der Waals surface area contributed by atoms with E-state index < -0.39 is 0 Å². The molecule has 86 valence electrons. The average molecular weight is 211 g/mol. The Kier molecular flexibility index (Phi) is 4.59. The molecule has 4 heteroatoms. The molecule has 1 fully saturated rings. The molecule has 1 aliphatic heterocycles. The van der Waals surface area contributed by atoms with Crippen molar-refractivity contribution in [1.29, 1.82) is 5.41 Å². The summed E-state index contributed by atoms with van der Waals surface area (Å²) in [6, 6.07) is 0. The fourth-order valence-corrected chi connectivity index (χ4v) is 1.87. The number of amidine groups is 1. The van der Waals surface area contributed by atoms with Crippen LogP contribution in [0.15, 0.2) is 0 Å². The highest BCUT2D eigenvalue weighted by atomic mass is 16.2. The molecule has 0 aromatic carbocycles. The van der Waals surface area contributed by atoms with Crippen LogP contribution in [0.2, 0.25) is 0 Å². The molecule has 0 aromatic heterocycles. The molecule has 0 aliphatic carbocycles. The predicted molar refractivity (Wildman–Crippen MR) is 61.1 cm³/mol. The van der Waals surface area contributed by atoms with Gasteiger partial charge in [0.25, 0.3) is 0 Å². The van der Waals surface area contributed by atoms with Gasteiger partial charge in [0.1, 0.15) is 0 Å². The third-order valence-electron chi connectivity index (χ3n) is 2.79. The molecule has 0 radical (unpaired) electrons. The van der Waals surface area contributed by atoms with Gasteiger partial charge >= 0.3 is 0 Å². The van der Waals surface area contributed by atoms with Gasteiger partial charge in [0.15, 0.2) is 0 Å². The number of nitrogens with zero attached hydrogens (tertiary/aromatic N) is 2. The van der Waals surface area contributed by atoms with Crippen LogP contribution < -0.4 is 0 Å². The Hall–Kier alpha value is -1.06. The molecule has 0 spiro atoms. The van der Waals surface area contributed by atoms with Crippen LogP contribution in [0.1, 0.15) is 33.1 Å². The lowest BCUT2D eigenvalue weighted by Crippen LogP contribution is -2.36. The van der Waals surface area contributed by atoms with E-state index in [9.17, 15) is 4.79 Å². The second-order valence-corrected chi connectivity index (χ2v) is 4.06. The molecule has 0 bridgehead atoms. The van der Waals surface area contributed by atoms with Crippen LogP contribution in [-0.4, -0.2) is 47.7 Å². The quantitative estimate of drug-likeness (QED) is 0.553. The van der Waals surface area contributed by atoms with Crippen molar-refractivity contribution in [2.45, 2.75) is 33.1 Å². The van der Waals surface area contributed by atoms with Gasteiger partial charge in [0.05, 0.1) is 5.84 Å². The summed E-state index contributed by atoms with van der Waals surface area (Å²) in [5.74, 6) is 0.877. The molecule has 0 aromatic rings. The SMILES string of the molecule is CCCC(=O)N1CCCN(C(C)=N)CC1. The molecule has 15 heavy (non-hydrogen) atoms. The molecule has 1 N–H and O–H groups in total. The summed E-state index contributed by atoms with van der Waals surface area (Å²) in [5.41, 5.74) is 0. The van der Waals surface area contributed by atoms with Crippen LogP contribution in [-0.2, 0) is 4.79 Å². The van der Waals surface area contributed by atoms with Gasteiger partial charge in [0, 0.05) is 32.6 Å². The summed E-state index contributed by atoms with van der Waals surface area (Å²) in [6.07, 6.45) is 2.55. The Balaban J connectivity index is 2.45. The molecule has 0 saturated carbocycles. The number of carbonyl (C=O) groups excluding carboxylic acids is 1. The van der Waals surface area contributed by atoms with Crippen molar-refractivity contribution >= 4 is 11.7 Å². The second-order valence-electron chi connectivity index (χ2n) is 4.06. The van der Waals surface area contributed by atoms with Gasteiger partial charge in [-0.15, -0.1) is 0 Å². The third kappa shape index (κ3) is 3.53. The molecule has 1 saturated heterocycles. The molecule has 1 amide bonds. The van der Waals surface area contributed by atoms with Crippen molar-refractivity contribution in [2.75, 3.05) is 26.2 Å². The van der Waals surface area contributed by atoms with Crippen LogP contribution in [0.5, 0.6) is 0 Å². The molecule has 0 unspecified atom stereocenters. The van der Waals surface area contributed by atoms with E-state index in [0.29, 0.717) is 12.3 Å². The molecule has 1 rings (SSSR count). The van der Waals surface area contributed by atoms with E-state index in [0.717, 1.165) is 39.0 Å². The van der Waals surface area contributed by atoms with Crippen LogP contribution in [0.25, 0.3) is 0 Å². The van der Waals surface area contributed by atoms with Crippen LogP contribution in [0.4, 0.5) is 0 Å². The van der Waals surface area contributed by atoms with E-state index in [1.165, 1.54) is 0 Å². The van der Waals surface area contributed by atoms with Crippen molar-refractivity contribution in [3.8, 4) is 0 Å². The van der Waals surface area contributed by atoms with Gasteiger partial charge in [-0.25, -0.2) is 0 Å². The van der Waals surface area contributed by atoms with E-state index in [1.54, 1.807) is 0 Å². The summed E-state index contributed by atoms with van der Waals surface area (Å²) in [5, 5.41) is 7.56. The summed E-state index contributed by atoms with van der Waals surface area (Å²) in [7, 11) is 0. The fraction of sp³-hybridized carbons (Fsp3) is 0.818. The van der Waals surface area contributed by atoms with Crippen molar-refractivity contribution < 1.29 is 4.79 Å². The summed E-state index contributed by atoms with van der Waals surface area (Å²) >= 11 is 0. The van der Waals surface area contributed by atoms with Crippen molar-refractivity contribution in [1.82, 2.24) is 9.80 Å². The highest BCUT2D eigenvalue weighted by Crippen LogP contribution is 2.06. The van der Waals surface area contributed by atoms with E-state index in [4.69, 9.17) is 5.41 Å². The standard InChI is InChI=1S/C11H21N3O/c1-3-5-11(15)14-7-4-6-13(8-9-14)10(2)12/h12H,3-9H2,1-2H3. The van der Waals surface area contributed by atoms with Gasteiger partial charge in [-0.1, -0.05) is 6.92 Å². The fourth-order valence-electron chi connectivity index (χ4n) is 1.87. The molecular weight excluding hydrogens is 190 g/mol. The first-order chi connectivity index (χ1) is 7.15. The summed E-state index contributed by atoms with van der Waals surface area (Å²) in [4.78, 5) is 15.7. The van der Waals surface area contributed by atoms with Crippen molar-refractivity contribution in [3.63, 3.8) is 0 Å². The molecule has 1 aliphatic rings. The lowest BCUT2D eigenvalue weighted by atomic mass is 10.3. The first-order valence-corrected chi connectivity index (χ1v) is 5.73. The zero-order valence-electron chi connectivity index (χ0n) is 9.75. The minimum atomic E-state index is 0.266. The zero-order valence-corrected chi connectivity index (χ0v) is 9.75. The summed E-state index contributed by atoms with van der Waals surface area (Å²) in [6.45, 7) is 7.18. The molecule has 0 atom stereocenters. The van der Waals surface area contributed by atoms with E-state index in [1.807, 2.05) is 23.6 Å². The monoisotopic (exact) mass is 211 g/mol. The Bertz CT molecular complexity index is 240. The number of nitrogens with one attached hydrogen (secondary N) is 1. The van der Waals surface area contributed by atoms with Crippen molar-refractivity contribution in [3.05, 3.63) is 0 Å². The van der Waals surface area contributed by atoms with Gasteiger partial charge < -0.3 is 9.80 Å². The highest BCUT2D eigenvalue weighted by molar-refractivity contribution is 5.77. The lowest BCUT2D eigenvalue weighted by Gasteiger charge is -2.22. The lowest BCUT2D eigenvalue weighted by molar-refractivity contribution is -0.131. The van der Waals surface area contributed by atoms with Gasteiger partial charge in [0.2, 0.25) is 5.91 Å². The number of hydrogen-bond donors (Lipinski definition) is 1. The average Bonchev–Trinajstić information content (AvgIpc) is 2.43. The number of carbonyl (C=O) groups is 1. The van der Waals surface area contributed by atoms with E-state index >= 15 is 0 Å². The van der Waals surface area contributed by atoms with Gasteiger partial charge in [-0.05, 0) is 19.8 Å². The molecule has 4 nitrogen and oxygen atoms in total. The first-order valence-electron chi connectivity index (χ1n) is 5.73. The van der Waals surface area contributed by atoms with Crippen LogP contribution in [0, 0.1) is 5.41 Å². The Morgan fingerprint density at radius 3 is 2.40 bits per heavy atom. The molecule has 1 heterocycles. The van der Waals surface area contributed by atoms with Gasteiger partial charge in [-0.3, -0.25) is 10.2 Å². The maximum absolute atomic E-state index is 11.7. The predicted octanol–water partition coefficient (Wildman–Crippen LogP) is 1.32. The van der Waals surface area contributed by atoms with Gasteiger partial charge in [-0.2, -0.15) is 0 Å². The minimum Gasteiger partial charge on any atom is -0.359 e. The first kappa shape index (κ1) is 12.0. The van der Waals surface area contributed by atoms with Crippen molar-refractivity contribution in [2.24, 2.45) is 0 Å². The highest BCUT2D eigenvalue weighted by Gasteiger charge is 2.18.